The van der Waals surface area contributed by atoms with Gasteiger partial charge in [0.2, 0.25) is 0 Å². The van der Waals surface area contributed by atoms with Gasteiger partial charge in [-0.05, 0) is 34.4 Å². The van der Waals surface area contributed by atoms with Crippen molar-refractivity contribution in [3.05, 3.63) is 42.5 Å². The molecule has 166 valence electrons. The number of aromatic nitrogens is 1. The predicted molar refractivity (Wildman–Crippen MR) is 181 cm³/mol. The molecule has 0 bridgehead atoms. The smallest absolute Gasteiger partial charge is 0.423 e. The fraction of sp³-hybridized carbons (Fsp3) is 0. The summed E-state index contributed by atoms with van der Waals surface area (Å²) in [6.45, 7) is 0. The fourth-order valence-electron chi connectivity index (χ4n) is 6.31. The van der Waals surface area contributed by atoms with Gasteiger partial charge >= 0.3 is 7.12 Å². The van der Waals surface area contributed by atoms with Crippen LogP contribution in [0.25, 0.3) is 47.7 Å². The van der Waals surface area contributed by atoms with E-state index < -0.39 is 7.12 Å². The van der Waals surface area contributed by atoms with Crippen LogP contribution in [0.2, 0.25) is 0 Å². The molecule has 4 aromatic carbocycles. The van der Waals surface area contributed by atoms with Crippen molar-refractivity contribution in [3.63, 3.8) is 0 Å². The second-order valence-corrected chi connectivity index (χ2v) is 11.3. The van der Waals surface area contributed by atoms with E-state index in [0.717, 1.165) is 27.3 Å². The van der Waals surface area contributed by atoms with Crippen molar-refractivity contribution in [2.45, 2.75) is 0 Å². The average Bonchev–Trinajstić information content (AvgIpc) is 3.41. The Morgan fingerprint density at radius 2 is 1.17 bits per heavy atom. The Morgan fingerprint density at radius 1 is 0.583 bits per heavy atom. The fourth-order valence-corrected chi connectivity index (χ4v) is 7.43. The summed E-state index contributed by atoms with van der Waals surface area (Å²) in [5, 5.41) is 25.6. The van der Waals surface area contributed by atoms with Crippen molar-refractivity contribution in [1.82, 2.24) is 4.57 Å². The van der Waals surface area contributed by atoms with Gasteiger partial charge in [-0.3, -0.25) is 0 Å². The van der Waals surface area contributed by atoms with Gasteiger partial charge in [-0.15, -0.1) is 16.8 Å². The summed E-state index contributed by atoms with van der Waals surface area (Å²) in [4.78, 5) is 0. The summed E-state index contributed by atoms with van der Waals surface area (Å²) < 4.78 is 5.02. The van der Waals surface area contributed by atoms with E-state index in [1.807, 2.05) is 27.0 Å². The van der Waals surface area contributed by atoms with Crippen LogP contribution in [-0.4, -0.2) is 76.7 Å². The van der Waals surface area contributed by atoms with Crippen molar-refractivity contribution in [2.75, 3.05) is 0 Å². The molecule has 0 fully saturated rings. The molecule has 0 saturated heterocycles. The number of thiophene rings is 1. The summed E-state index contributed by atoms with van der Waals surface area (Å²) in [5.74, 6) is 0. The summed E-state index contributed by atoms with van der Waals surface area (Å²) in [7, 11) is 13.5. The maximum absolute atomic E-state index is 10.4. The van der Waals surface area contributed by atoms with Crippen molar-refractivity contribution in [3.8, 4) is 5.69 Å². The van der Waals surface area contributed by atoms with Crippen LogP contribution in [-0.2, 0) is 0 Å². The van der Waals surface area contributed by atoms with Gasteiger partial charge in [-0.25, -0.2) is 0 Å². The Morgan fingerprint density at radius 3 is 1.86 bits per heavy atom. The van der Waals surface area contributed by atoms with E-state index >= 15 is 0 Å². The Kier molecular flexibility index (Phi) is 5.39. The molecule has 6 rings (SSSR count). The number of fused-ring (bicyclic) bond motifs is 6. The highest BCUT2D eigenvalue weighted by Gasteiger charge is 2.27. The van der Waals surface area contributed by atoms with E-state index in [-0.39, 0.29) is 0 Å². The lowest BCUT2D eigenvalue weighted by atomic mass is 9.59. The SMILES string of the molecule is Bc1c(B)c(B)c2c(c1B)c1c(B)c(B(O)O)c(B)c(B)c1n2-c1cccc2sc3ccccc3c12. The van der Waals surface area contributed by atoms with E-state index in [4.69, 9.17) is 0 Å². The Balaban J connectivity index is 1.97. The maximum Gasteiger partial charge on any atom is 0.487 e. The van der Waals surface area contributed by atoms with Gasteiger partial charge in [-0.1, -0.05) is 57.0 Å². The van der Waals surface area contributed by atoms with Crippen molar-refractivity contribution < 1.29 is 10.0 Å². The molecule has 0 aliphatic heterocycles. The molecular weight excluding hydrogens is 453 g/mol. The Hall–Kier alpha value is -2.66. The molecule has 0 unspecified atom stereocenters. The van der Waals surface area contributed by atoms with Gasteiger partial charge in [0.1, 0.15) is 54.9 Å². The zero-order valence-electron chi connectivity index (χ0n) is 21.9. The molecule has 12 heteroatoms. The highest BCUT2D eigenvalue weighted by atomic mass is 32.1. The summed E-state index contributed by atoms with van der Waals surface area (Å²) in [5.41, 5.74) is 12.2. The molecule has 0 spiro atoms. The lowest BCUT2D eigenvalue weighted by Crippen LogP contribution is -2.56. The first-order chi connectivity index (χ1) is 17.1. The van der Waals surface area contributed by atoms with Crippen LogP contribution in [0.1, 0.15) is 0 Å². The van der Waals surface area contributed by atoms with Crippen molar-refractivity contribution in [2.24, 2.45) is 0 Å². The zero-order valence-corrected chi connectivity index (χ0v) is 22.7. The van der Waals surface area contributed by atoms with Crippen LogP contribution in [0.3, 0.4) is 0 Å². The second-order valence-electron chi connectivity index (χ2n) is 10.2. The summed E-state index contributed by atoms with van der Waals surface area (Å²) in [6, 6.07) is 15.3. The van der Waals surface area contributed by atoms with E-state index in [1.54, 1.807) is 0 Å². The molecule has 0 aliphatic carbocycles. The van der Waals surface area contributed by atoms with E-state index in [0.29, 0.717) is 5.46 Å². The van der Waals surface area contributed by atoms with Crippen LogP contribution in [0.4, 0.5) is 0 Å². The summed E-state index contributed by atoms with van der Waals surface area (Å²) >= 11 is 1.83. The molecule has 3 nitrogen and oxygen atoms in total. The maximum atomic E-state index is 10.4. The standard InChI is InChI=1S/C24H23B8NO2S/c25-15-13-14-16(26)22(32(34)35)19(29)21(31)24(14)33(23(13)20(30)18(28)17(15)27)9-5-3-7-11-12(9)8-4-1-2-6-10(8)36-11/h1-7,34-35H,25-31H2. The molecular formula is C24H23B8NO2S. The molecule has 36 heavy (non-hydrogen) atoms. The first-order valence-corrected chi connectivity index (χ1v) is 13.3. The van der Waals surface area contributed by atoms with Gasteiger partial charge in [0.05, 0.1) is 5.69 Å². The second kappa shape index (κ2) is 8.17. The minimum absolute atomic E-state index is 0.619. The first-order valence-electron chi connectivity index (χ1n) is 12.5. The van der Waals surface area contributed by atoms with Gasteiger partial charge in [0.15, 0.2) is 0 Å². The number of hydrogen-bond donors (Lipinski definition) is 2. The quantitative estimate of drug-likeness (QED) is 0.244. The summed E-state index contributed by atoms with van der Waals surface area (Å²) in [6.07, 6.45) is 0. The Labute approximate surface area is 221 Å². The van der Waals surface area contributed by atoms with Crippen molar-refractivity contribution in [1.29, 1.82) is 0 Å². The highest BCUT2D eigenvalue weighted by molar-refractivity contribution is 7.25. The zero-order chi connectivity index (χ0) is 25.6. The number of hydrogen-bond acceptors (Lipinski definition) is 3. The molecule has 0 radical (unpaired) electrons. The minimum Gasteiger partial charge on any atom is -0.423 e. The average molecular weight is 476 g/mol. The van der Waals surface area contributed by atoms with Crippen LogP contribution >= 0.6 is 11.3 Å². The number of rotatable bonds is 2. The largest absolute Gasteiger partial charge is 0.487 e. The van der Waals surface area contributed by atoms with E-state index in [9.17, 15) is 10.0 Å². The van der Waals surface area contributed by atoms with Crippen LogP contribution in [0.15, 0.2) is 42.5 Å². The van der Waals surface area contributed by atoms with Gasteiger partial charge in [0, 0.05) is 31.2 Å². The van der Waals surface area contributed by atoms with Gasteiger partial charge in [-0.2, -0.15) is 0 Å². The topological polar surface area (TPSA) is 45.4 Å². The lowest BCUT2D eigenvalue weighted by molar-refractivity contribution is 0.426. The molecule has 0 saturated carbocycles. The third kappa shape index (κ3) is 2.98. The monoisotopic (exact) mass is 477 g/mol. The molecule has 2 heterocycles. The van der Waals surface area contributed by atoms with E-state index in [2.05, 4.69) is 86.3 Å². The lowest BCUT2D eigenvalue weighted by Gasteiger charge is -2.18. The van der Waals surface area contributed by atoms with E-state index in [1.165, 1.54) is 58.6 Å². The molecule has 0 aliphatic rings. The van der Waals surface area contributed by atoms with Crippen LogP contribution in [0, 0.1) is 0 Å². The molecule has 6 aromatic rings. The molecule has 0 amide bonds. The molecule has 2 aromatic heterocycles. The third-order valence-electron chi connectivity index (χ3n) is 8.57. The van der Waals surface area contributed by atoms with Crippen LogP contribution in [0.5, 0.6) is 0 Å². The Bertz CT molecular complexity index is 1910. The van der Waals surface area contributed by atoms with Crippen LogP contribution < -0.4 is 43.7 Å². The number of benzene rings is 4. The van der Waals surface area contributed by atoms with Gasteiger partial charge in [0.25, 0.3) is 0 Å². The normalized spacial score (nSPS) is 11.8. The number of nitrogens with zero attached hydrogens (tertiary/aromatic N) is 1. The predicted octanol–water partition coefficient (Wildman–Crippen LogP) is -7.36. The third-order valence-corrected chi connectivity index (χ3v) is 9.70. The molecule has 0 atom stereocenters. The molecule has 2 N–H and O–H groups in total. The minimum atomic E-state index is -1.51. The van der Waals surface area contributed by atoms with Gasteiger partial charge < -0.3 is 14.6 Å². The first kappa shape index (κ1) is 23.7. The highest BCUT2D eigenvalue weighted by Crippen LogP contribution is 2.39. The van der Waals surface area contributed by atoms with Crippen molar-refractivity contribution >= 4 is 159 Å².